The Kier molecular flexibility index (Phi) is 12.0. The van der Waals surface area contributed by atoms with E-state index in [2.05, 4.69) is 20.3 Å². The van der Waals surface area contributed by atoms with Crippen molar-refractivity contribution < 1.29 is 4.74 Å². The molecular weight excluding hydrogens is 400 g/mol. The predicted octanol–water partition coefficient (Wildman–Crippen LogP) is 4.83. The number of nitrogens with zero attached hydrogens (tertiary/aromatic N) is 3. The van der Waals surface area contributed by atoms with Crippen molar-refractivity contribution in [2.24, 2.45) is 0 Å². The number of hydrogen-bond donors (Lipinski definition) is 3. The third-order valence-electron chi connectivity index (χ3n) is 5.13. The van der Waals surface area contributed by atoms with Crippen LogP contribution in [0.25, 0.3) is 22.0 Å². The van der Waals surface area contributed by atoms with Crippen LogP contribution in [0, 0.1) is 0 Å². The first-order valence-corrected chi connectivity index (χ1v) is 11.7. The van der Waals surface area contributed by atoms with Crippen LogP contribution >= 0.6 is 0 Å². The number of nitrogens with one attached hydrogen (secondary N) is 1. The van der Waals surface area contributed by atoms with Crippen LogP contribution in [-0.2, 0) is 4.74 Å². The zero-order valence-electron chi connectivity index (χ0n) is 19.5. The molecule has 3 heterocycles. The maximum Gasteiger partial charge on any atom is 0.134 e. The summed E-state index contributed by atoms with van der Waals surface area (Å²) in [6.07, 6.45) is 12.1. The van der Waals surface area contributed by atoms with Crippen molar-refractivity contribution in [1.29, 1.82) is 0 Å². The summed E-state index contributed by atoms with van der Waals surface area (Å²) in [5.74, 6) is 0.966. The second-order valence-electron chi connectivity index (χ2n) is 7.44. The van der Waals surface area contributed by atoms with Crippen LogP contribution in [-0.4, -0.2) is 41.3 Å². The topological polar surface area (TPSA) is 112 Å². The van der Waals surface area contributed by atoms with Crippen LogP contribution in [0.5, 0.6) is 0 Å². The molecule has 5 rings (SSSR count). The van der Waals surface area contributed by atoms with Crippen LogP contribution in [0.4, 0.5) is 11.6 Å². The Balaban J connectivity index is 0.000000212. The molecule has 32 heavy (non-hydrogen) atoms. The average Bonchev–Trinajstić information content (AvgIpc) is 2.88. The summed E-state index contributed by atoms with van der Waals surface area (Å²) in [6, 6.07) is 9.57. The summed E-state index contributed by atoms with van der Waals surface area (Å²) in [7, 11) is 0. The molecule has 5 N–H and O–H groups in total. The quantitative estimate of drug-likeness (QED) is 0.499. The molecule has 7 nitrogen and oxygen atoms in total. The zero-order valence-corrected chi connectivity index (χ0v) is 19.5. The molecule has 0 spiro atoms. The largest absolute Gasteiger partial charge is 0.384 e. The molecule has 2 aromatic heterocycles. The number of benzene rings is 1. The van der Waals surface area contributed by atoms with Gasteiger partial charge in [-0.3, -0.25) is 0 Å². The Morgan fingerprint density at radius 1 is 0.781 bits per heavy atom. The molecule has 1 aromatic carbocycles. The number of pyridine rings is 1. The van der Waals surface area contributed by atoms with E-state index >= 15 is 0 Å². The van der Waals surface area contributed by atoms with Gasteiger partial charge in [-0.1, -0.05) is 58.4 Å². The number of anilines is 2. The molecule has 0 atom stereocenters. The van der Waals surface area contributed by atoms with E-state index < -0.39 is 0 Å². The molecule has 2 fully saturated rings. The molecule has 1 aliphatic heterocycles. The minimum Gasteiger partial charge on any atom is -0.384 e. The van der Waals surface area contributed by atoms with Crippen molar-refractivity contribution in [3.05, 3.63) is 42.9 Å². The third kappa shape index (κ3) is 8.77. The van der Waals surface area contributed by atoms with Gasteiger partial charge in [-0.25, -0.2) is 15.0 Å². The highest BCUT2D eigenvalue weighted by atomic mass is 16.5. The summed E-state index contributed by atoms with van der Waals surface area (Å²) < 4.78 is 5.01. The molecular formula is C25H38N6O. The Hall–Kier alpha value is -2.77. The van der Waals surface area contributed by atoms with Crippen molar-refractivity contribution >= 4 is 22.5 Å². The predicted molar refractivity (Wildman–Crippen MR) is 134 cm³/mol. The number of fused-ring (bicyclic) bond motifs is 1. The van der Waals surface area contributed by atoms with Gasteiger partial charge in [0.05, 0.1) is 18.7 Å². The van der Waals surface area contributed by atoms with Gasteiger partial charge in [-0.05, 0) is 35.4 Å². The van der Waals surface area contributed by atoms with Crippen molar-refractivity contribution in [2.45, 2.75) is 52.4 Å². The molecule has 174 valence electrons. The molecule has 3 aromatic rings. The number of nitrogen functional groups attached to an aromatic ring is 2. The first-order valence-electron chi connectivity index (χ1n) is 11.7. The van der Waals surface area contributed by atoms with E-state index in [1.54, 1.807) is 6.20 Å². The summed E-state index contributed by atoms with van der Waals surface area (Å²) in [5, 5.41) is 4.00. The van der Waals surface area contributed by atoms with Crippen molar-refractivity contribution in [2.75, 3.05) is 37.8 Å². The lowest BCUT2D eigenvalue weighted by Crippen LogP contribution is -2.30. The van der Waals surface area contributed by atoms with E-state index in [0.717, 1.165) is 48.3 Å². The highest BCUT2D eigenvalue weighted by molar-refractivity contribution is 5.91. The Bertz CT molecular complexity index is 875. The monoisotopic (exact) mass is 438 g/mol. The minimum atomic E-state index is 0.476. The highest BCUT2D eigenvalue weighted by Gasteiger charge is 2.04. The van der Waals surface area contributed by atoms with Crippen LogP contribution in [0.3, 0.4) is 0 Å². The fraction of sp³-hybridized carbons (Fsp3) is 0.480. The molecule has 0 radical (unpaired) electrons. The zero-order chi connectivity index (χ0) is 23.0. The van der Waals surface area contributed by atoms with E-state index in [9.17, 15) is 0 Å². The fourth-order valence-corrected chi connectivity index (χ4v) is 3.46. The SMILES string of the molecule is C1CCCCC1.C1COCCN1.CC.Nc1cc(-c2ccc3ncnc(N)c3c2)ccn1. The second-order valence-corrected chi connectivity index (χ2v) is 7.44. The number of hydrogen-bond acceptors (Lipinski definition) is 7. The van der Waals surface area contributed by atoms with Gasteiger partial charge < -0.3 is 21.5 Å². The van der Waals surface area contributed by atoms with Crippen LogP contribution < -0.4 is 16.8 Å². The van der Waals surface area contributed by atoms with Crippen LogP contribution in [0.1, 0.15) is 52.4 Å². The molecule has 2 aliphatic rings. The Morgan fingerprint density at radius 3 is 1.94 bits per heavy atom. The van der Waals surface area contributed by atoms with E-state index in [0.29, 0.717) is 11.6 Å². The number of ether oxygens (including phenoxy) is 1. The van der Waals surface area contributed by atoms with Gasteiger partial charge in [0, 0.05) is 24.7 Å². The van der Waals surface area contributed by atoms with Crippen molar-refractivity contribution in [3.63, 3.8) is 0 Å². The average molecular weight is 439 g/mol. The molecule has 1 aliphatic carbocycles. The van der Waals surface area contributed by atoms with Gasteiger partial charge in [0.1, 0.15) is 18.0 Å². The van der Waals surface area contributed by atoms with E-state index in [-0.39, 0.29) is 0 Å². The summed E-state index contributed by atoms with van der Waals surface area (Å²) in [4.78, 5) is 12.1. The molecule has 1 saturated heterocycles. The molecule has 0 bridgehead atoms. The van der Waals surface area contributed by atoms with Crippen LogP contribution in [0.15, 0.2) is 42.9 Å². The Labute approximate surface area is 192 Å². The van der Waals surface area contributed by atoms with E-state index in [1.165, 1.54) is 44.9 Å². The van der Waals surface area contributed by atoms with Gasteiger partial charge in [-0.15, -0.1) is 0 Å². The van der Waals surface area contributed by atoms with Gasteiger partial charge in [-0.2, -0.15) is 0 Å². The normalized spacial score (nSPS) is 15.2. The highest BCUT2D eigenvalue weighted by Crippen LogP contribution is 2.26. The van der Waals surface area contributed by atoms with Gasteiger partial charge in [0.25, 0.3) is 0 Å². The lowest BCUT2D eigenvalue weighted by atomic mass is 10.0. The summed E-state index contributed by atoms with van der Waals surface area (Å²) >= 11 is 0. The number of aromatic nitrogens is 3. The van der Waals surface area contributed by atoms with Gasteiger partial charge >= 0.3 is 0 Å². The second kappa shape index (κ2) is 15.1. The minimum absolute atomic E-state index is 0.476. The molecule has 7 heteroatoms. The van der Waals surface area contributed by atoms with Crippen LogP contribution in [0.2, 0.25) is 0 Å². The lowest BCUT2D eigenvalue weighted by Gasteiger charge is -2.10. The smallest absolute Gasteiger partial charge is 0.134 e. The van der Waals surface area contributed by atoms with Crippen molar-refractivity contribution in [3.8, 4) is 11.1 Å². The lowest BCUT2D eigenvalue weighted by molar-refractivity contribution is 0.109. The standard InChI is InChI=1S/C13H11N5.C6H12.C4H9NO.C2H6/c14-12-6-9(3-4-16-12)8-1-2-11-10(5-8)13(15)18-7-17-11;1-2-4-6-5-3-1;1-3-6-4-2-5-1;1-2/h1-7H,(H2,14,16)(H2,15,17,18);1-6H2;5H,1-4H2;1-2H3. The maximum absolute atomic E-state index is 5.84. The number of rotatable bonds is 1. The summed E-state index contributed by atoms with van der Waals surface area (Å²) in [5.41, 5.74) is 14.4. The van der Waals surface area contributed by atoms with E-state index in [4.69, 9.17) is 16.2 Å². The first-order chi connectivity index (χ1) is 15.7. The van der Waals surface area contributed by atoms with E-state index in [1.807, 2.05) is 44.2 Å². The number of morpholine rings is 1. The Morgan fingerprint density at radius 2 is 1.41 bits per heavy atom. The molecule has 0 unspecified atom stereocenters. The third-order valence-corrected chi connectivity index (χ3v) is 5.13. The van der Waals surface area contributed by atoms with Gasteiger partial charge in [0.2, 0.25) is 0 Å². The fourth-order valence-electron chi connectivity index (χ4n) is 3.46. The molecule has 0 amide bonds. The van der Waals surface area contributed by atoms with Crippen molar-refractivity contribution in [1.82, 2.24) is 20.3 Å². The number of nitrogens with two attached hydrogens (primary N) is 2. The first kappa shape index (κ1) is 25.5. The summed E-state index contributed by atoms with van der Waals surface area (Å²) in [6.45, 7) is 7.83. The van der Waals surface area contributed by atoms with Gasteiger partial charge in [0.15, 0.2) is 0 Å². The molecule has 1 saturated carbocycles. The maximum atomic E-state index is 5.84.